The largest absolute Gasteiger partial charge is 0.361 e. The summed E-state index contributed by atoms with van der Waals surface area (Å²) in [4.78, 5) is 12.8. The first-order chi connectivity index (χ1) is 11.2. The molecule has 2 heterocycles. The molecular formula is C17H22N4OS. The summed E-state index contributed by atoms with van der Waals surface area (Å²) in [5.41, 5.74) is 1.87. The van der Waals surface area contributed by atoms with Crippen LogP contribution in [0.5, 0.6) is 0 Å². The number of para-hydroxylation sites is 1. The minimum absolute atomic E-state index is 0.0369. The van der Waals surface area contributed by atoms with E-state index in [1.54, 1.807) is 11.8 Å². The van der Waals surface area contributed by atoms with Crippen LogP contribution >= 0.6 is 11.8 Å². The van der Waals surface area contributed by atoms with E-state index >= 15 is 0 Å². The fourth-order valence-corrected chi connectivity index (χ4v) is 4.52. The molecule has 2 N–H and O–H groups in total. The van der Waals surface area contributed by atoms with Gasteiger partial charge in [0.25, 0.3) is 5.91 Å². The van der Waals surface area contributed by atoms with E-state index in [0.29, 0.717) is 0 Å². The topological polar surface area (TPSA) is 56.7 Å². The van der Waals surface area contributed by atoms with Crippen LogP contribution in [0, 0.1) is 0 Å². The van der Waals surface area contributed by atoms with E-state index in [2.05, 4.69) is 28.6 Å². The molecule has 1 fully saturated rings. The summed E-state index contributed by atoms with van der Waals surface area (Å²) >= 11 is 1.59. The zero-order valence-corrected chi connectivity index (χ0v) is 14.2. The first kappa shape index (κ1) is 14.9. The molecule has 0 unspecified atom stereocenters. The number of hydrogen-bond donors (Lipinski definition) is 2. The molecule has 122 valence electrons. The number of amides is 1. The molecule has 6 heteroatoms. The number of amidine groups is 1. The standard InChI is InChI=1S/C17H22N4OS/c1-2-23-16-18-15(22)14-12-8-4-5-9-13(12)19-17(21(14)20-16)10-6-3-7-11-17/h4-5,8-9,14,19H,2-3,6-7,10-11H2,1H3,(H,18,20,22)/t14-/m1/s1. The van der Waals surface area contributed by atoms with Crippen LogP contribution in [0.4, 0.5) is 5.69 Å². The fraction of sp³-hybridized carbons (Fsp3) is 0.529. The van der Waals surface area contributed by atoms with Crippen molar-refractivity contribution in [2.75, 3.05) is 11.1 Å². The highest BCUT2D eigenvalue weighted by Crippen LogP contribution is 2.47. The van der Waals surface area contributed by atoms with E-state index in [4.69, 9.17) is 5.10 Å². The number of rotatable bonds is 1. The smallest absolute Gasteiger partial charge is 0.255 e. The Bertz CT molecular complexity index is 654. The normalized spacial score (nSPS) is 25.1. The Hall–Kier alpha value is -1.69. The maximum atomic E-state index is 12.8. The van der Waals surface area contributed by atoms with Crippen LogP contribution in [0.15, 0.2) is 29.4 Å². The van der Waals surface area contributed by atoms with Crippen LogP contribution in [-0.2, 0) is 4.79 Å². The van der Waals surface area contributed by atoms with Gasteiger partial charge >= 0.3 is 0 Å². The van der Waals surface area contributed by atoms with E-state index in [9.17, 15) is 4.79 Å². The number of fused-ring (bicyclic) bond motifs is 4. The molecule has 0 radical (unpaired) electrons. The Morgan fingerprint density at radius 2 is 2.09 bits per heavy atom. The molecule has 2 aliphatic heterocycles. The third-order valence-corrected chi connectivity index (χ3v) is 5.69. The van der Waals surface area contributed by atoms with Crippen LogP contribution in [0.2, 0.25) is 0 Å². The van der Waals surface area contributed by atoms with Crippen molar-refractivity contribution in [3.63, 3.8) is 0 Å². The Morgan fingerprint density at radius 3 is 2.87 bits per heavy atom. The number of nitrogens with zero attached hydrogens (tertiary/aromatic N) is 2. The molecule has 3 aliphatic rings. The number of thioether (sulfide) groups is 1. The number of hydrogen-bond acceptors (Lipinski definition) is 5. The van der Waals surface area contributed by atoms with Crippen molar-refractivity contribution in [3.8, 4) is 0 Å². The van der Waals surface area contributed by atoms with Gasteiger partial charge < -0.3 is 10.6 Å². The number of carbonyl (C=O) groups is 1. The number of nitrogens with one attached hydrogen (secondary N) is 2. The van der Waals surface area contributed by atoms with Crippen molar-refractivity contribution < 1.29 is 4.79 Å². The third-order valence-electron chi connectivity index (χ3n) is 4.94. The molecule has 1 aromatic carbocycles. The highest BCUT2D eigenvalue weighted by molar-refractivity contribution is 8.13. The molecule has 1 saturated carbocycles. The minimum Gasteiger partial charge on any atom is -0.361 e. The van der Waals surface area contributed by atoms with Gasteiger partial charge in [-0.2, -0.15) is 0 Å². The summed E-state index contributed by atoms with van der Waals surface area (Å²) in [6.45, 7) is 2.07. The highest BCUT2D eigenvalue weighted by Gasteiger charge is 2.50. The van der Waals surface area contributed by atoms with Gasteiger partial charge in [-0.1, -0.05) is 43.3 Å². The van der Waals surface area contributed by atoms with Crippen LogP contribution < -0.4 is 10.6 Å². The molecule has 0 aromatic heterocycles. The van der Waals surface area contributed by atoms with Crippen molar-refractivity contribution >= 4 is 28.5 Å². The molecule has 1 aromatic rings. The number of hydrazone groups is 1. The van der Waals surface area contributed by atoms with Crippen molar-refractivity contribution in [1.29, 1.82) is 0 Å². The molecular weight excluding hydrogens is 308 g/mol. The Morgan fingerprint density at radius 1 is 1.30 bits per heavy atom. The molecule has 5 nitrogen and oxygen atoms in total. The second-order valence-corrected chi connectivity index (χ2v) is 7.63. The predicted molar refractivity (Wildman–Crippen MR) is 94.2 cm³/mol. The average Bonchev–Trinajstić information content (AvgIpc) is 2.56. The summed E-state index contributed by atoms with van der Waals surface area (Å²) in [6.07, 6.45) is 5.66. The predicted octanol–water partition coefficient (Wildman–Crippen LogP) is 3.27. The lowest BCUT2D eigenvalue weighted by molar-refractivity contribution is -0.130. The molecule has 0 bridgehead atoms. The van der Waals surface area contributed by atoms with Crippen molar-refractivity contribution in [2.45, 2.75) is 50.7 Å². The number of anilines is 1. The monoisotopic (exact) mass is 330 g/mol. The Balaban J connectivity index is 1.83. The van der Waals surface area contributed by atoms with Gasteiger partial charge in [0.2, 0.25) is 0 Å². The van der Waals surface area contributed by atoms with Crippen LogP contribution in [0.3, 0.4) is 0 Å². The quantitative estimate of drug-likeness (QED) is 0.830. The molecule has 23 heavy (non-hydrogen) atoms. The van der Waals surface area contributed by atoms with E-state index in [1.807, 2.05) is 18.2 Å². The van der Waals surface area contributed by atoms with Gasteiger partial charge in [0.15, 0.2) is 11.2 Å². The van der Waals surface area contributed by atoms with E-state index in [0.717, 1.165) is 35.0 Å². The van der Waals surface area contributed by atoms with Gasteiger partial charge in [0.05, 0.1) is 0 Å². The lowest BCUT2D eigenvalue weighted by atomic mass is 9.83. The maximum Gasteiger partial charge on any atom is 0.255 e. The summed E-state index contributed by atoms with van der Waals surface area (Å²) in [5.74, 6) is 0.934. The zero-order valence-electron chi connectivity index (χ0n) is 13.3. The number of carbonyl (C=O) groups excluding carboxylic acids is 1. The lowest BCUT2D eigenvalue weighted by Crippen LogP contribution is -2.62. The molecule has 0 saturated heterocycles. The second kappa shape index (κ2) is 5.74. The van der Waals surface area contributed by atoms with Crippen LogP contribution in [0.1, 0.15) is 50.6 Å². The first-order valence-corrected chi connectivity index (χ1v) is 9.41. The molecule has 1 spiro atoms. The lowest BCUT2D eigenvalue weighted by Gasteiger charge is -2.53. The third kappa shape index (κ3) is 2.40. The molecule has 1 atom stereocenters. The summed E-state index contributed by atoms with van der Waals surface area (Å²) in [7, 11) is 0. The van der Waals surface area contributed by atoms with E-state index in [1.165, 1.54) is 19.3 Å². The van der Waals surface area contributed by atoms with Crippen molar-refractivity contribution in [1.82, 2.24) is 10.3 Å². The van der Waals surface area contributed by atoms with Gasteiger partial charge in [0, 0.05) is 11.3 Å². The summed E-state index contributed by atoms with van der Waals surface area (Å²) in [6, 6.07) is 7.80. The highest BCUT2D eigenvalue weighted by atomic mass is 32.2. The van der Waals surface area contributed by atoms with Gasteiger partial charge in [-0.25, -0.2) is 0 Å². The zero-order chi connectivity index (χ0) is 15.9. The SMILES string of the molecule is CCSC1=NN2[C@@H](C(=O)N1)c1ccccc1NC21CCCCC1. The Kier molecular flexibility index (Phi) is 3.71. The minimum atomic E-state index is -0.327. The van der Waals surface area contributed by atoms with Gasteiger partial charge in [0.1, 0.15) is 5.66 Å². The second-order valence-electron chi connectivity index (χ2n) is 6.38. The molecule has 1 aliphatic carbocycles. The van der Waals surface area contributed by atoms with Gasteiger partial charge in [-0.05, 0) is 37.5 Å². The molecule has 4 rings (SSSR count). The maximum absolute atomic E-state index is 12.8. The van der Waals surface area contributed by atoms with Crippen molar-refractivity contribution in [2.24, 2.45) is 5.10 Å². The van der Waals surface area contributed by atoms with Gasteiger partial charge in [-0.15, -0.1) is 5.10 Å². The van der Waals surface area contributed by atoms with Crippen LogP contribution in [0.25, 0.3) is 0 Å². The summed E-state index contributed by atoms with van der Waals surface area (Å²) in [5, 5.41) is 14.3. The van der Waals surface area contributed by atoms with Crippen molar-refractivity contribution in [3.05, 3.63) is 29.8 Å². The average molecular weight is 330 g/mol. The van der Waals surface area contributed by atoms with Gasteiger partial charge in [-0.3, -0.25) is 9.80 Å². The fourth-order valence-electron chi connectivity index (χ4n) is 3.93. The van der Waals surface area contributed by atoms with E-state index in [-0.39, 0.29) is 17.6 Å². The summed E-state index contributed by atoms with van der Waals surface area (Å²) < 4.78 is 0. The van der Waals surface area contributed by atoms with E-state index < -0.39 is 0 Å². The molecule has 1 amide bonds. The Labute approximate surface area is 140 Å². The van der Waals surface area contributed by atoms with Crippen LogP contribution in [-0.4, -0.2) is 27.5 Å². The first-order valence-electron chi connectivity index (χ1n) is 8.42. The number of benzene rings is 1.